The van der Waals surface area contributed by atoms with Crippen molar-refractivity contribution in [2.75, 3.05) is 13.1 Å². The lowest BCUT2D eigenvalue weighted by Crippen LogP contribution is -2.32. The maximum atomic E-state index is 11.6. The van der Waals surface area contributed by atoms with Gasteiger partial charge in [-0.05, 0) is 12.5 Å². The lowest BCUT2D eigenvalue weighted by atomic mass is 10.0. The van der Waals surface area contributed by atoms with Crippen LogP contribution in [0.15, 0.2) is 30.3 Å². The number of hydrogen-bond acceptors (Lipinski definition) is 3. The quantitative estimate of drug-likeness (QED) is 0.677. The zero-order valence-corrected chi connectivity index (χ0v) is 11.2. The van der Waals surface area contributed by atoms with Crippen LogP contribution in [-0.4, -0.2) is 24.9 Å². The van der Waals surface area contributed by atoms with Crippen LogP contribution in [0.5, 0.6) is 0 Å². The van der Waals surface area contributed by atoms with Crippen molar-refractivity contribution in [2.24, 2.45) is 5.73 Å². The van der Waals surface area contributed by atoms with Gasteiger partial charge in [0.2, 0.25) is 11.8 Å². The predicted molar refractivity (Wildman–Crippen MR) is 74.3 cm³/mol. The molecule has 0 aliphatic rings. The Hall–Kier alpha value is -1.88. The van der Waals surface area contributed by atoms with Crippen LogP contribution in [0, 0.1) is 0 Å². The molecular formula is C14H21N3O2. The summed E-state index contributed by atoms with van der Waals surface area (Å²) < 4.78 is 0. The average Bonchev–Trinajstić information content (AvgIpc) is 2.40. The number of carbonyl (C=O) groups excluding carboxylic acids is 2. The molecule has 0 heterocycles. The minimum absolute atomic E-state index is 0.0600. The maximum absolute atomic E-state index is 11.6. The number of nitrogens with one attached hydrogen (secondary N) is 2. The molecule has 4 N–H and O–H groups in total. The van der Waals surface area contributed by atoms with Crippen LogP contribution in [0.25, 0.3) is 0 Å². The lowest BCUT2D eigenvalue weighted by Gasteiger charge is -2.12. The van der Waals surface area contributed by atoms with Gasteiger partial charge in [0.1, 0.15) is 0 Å². The number of nitrogens with two attached hydrogens (primary N) is 1. The van der Waals surface area contributed by atoms with Gasteiger partial charge in [0.05, 0.1) is 0 Å². The van der Waals surface area contributed by atoms with Gasteiger partial charge in [0, 0.05) is 32.0 Å². The van der Waals surface area contributed by atoms with Crippen molar-refractivity contribution in [2.45, 2.75) is 25.8 Å². The van der Waals surface area contributed by atoms with E-state index in [4.69, 9.17) is 5.73 Å². The first-order valence-electron chi connectivity index (χ1n) is 6.47. The molecule has 1 aromatic carbocycles. The number of amides is 2. The Morgan fingerprint density at radius 2 is 1.84 bits per heavy atom. The second-order valence-electron chi connectivity index (χ2n) is 4.27. The average molecular weight is 263 g/mol. The van der Waals surface area contributed by atoms with E-state index in [2.05, 4.69) is 10.6 Å². The minimum Gasteiger partial charge on any atom is -0.356 e. The van der Waals surface area contributed by atoms with Crippen LogP contribution in [0.3, 0.4) is 0 Å². The molecule has 0 bridgehead atoms. The zero-order valence-electron chi connectivity index (χ0n) is 11.2. The first kappa shape index (κ1) is 15.2. The highest BCUT2D eigenvalue weighted by atomic mass is 16.2. The first-order chi connectivity index (χ1) is 9.13. The molecule has 104 valence electrons. The molecule has 0 aromatic heterocycles. The topological polar surface area (TPSA) is 84.2 Å². The molecule has 1 aromatic rings. The summed E-state index contributed by atoms with van der Waals surface area (Å²) in [7, 11) is 0. The third-order valence-corrected chi connectivity index (χ3v) is 2.68. The molecule has 0 spiro atoms. The number of carbonyl (C=O) groups is 2. The van der Waals surface area contributed by atoms with E-state index in [1.54, 1.807) is 0 Å². The van der Waals surface area contributed by atoms with Gasteiger partial charge < -0.3 is 16.4 Å². The van der Waals surface area contributed by atoms with E-state index in [0.717, 1.165) is 5.56 Å². The van der Waals surface area contributed by atoms with E-state index in [9.17, 15) is 9.59 Å². The van der Waals surface area contributed by atoms with E-state index in [-0.39, 0.29) is 24.3 Å². The Bertz CT molecular complexity index is 406. The van der Waals surface area contributed by atoms with Crippen LogP contribution in [0.1, 0.15) is 31.4 Å². The minimum atomic E-state index is -0.314. The molecule has 1 unspecified atom stereocenters. The van der Waals surface area contributed by atoms with Crippen molar-refractivity contribution in [3.8, 4) is 0 Å². The molecule has 5 heteroatoms. The third kappa shape index (κ3) is 6.01. The van der Waals surface area contributed by atoms with Crippen molar-refractivity contribution in [3.63, 3.8) is 0 Å². The molecular weight excluding hydrogens is 242 g/mol. The largest absolute Gasteiger partial charge is 0.356 e. The second kappa shape index (κ2) is 8.26. The smallest absolute Gasteiger partial charge is 0.221 e. The molecule has 0 saturated carbocycles. The molecule has 0 fully saturated rings. The van der Waals surface area contributed by atoms with Crippen LogP contribution in [-0.2, 0) is 9.59 Å². The van der Waals surface area contributed by atoms with Crippen molar-refractivity contribution < 1.29 is 9.59 Å². The summed E-state index contributed by atoms with van der Waals surface area (Å²) in [6, 6.07) is 9.16. The van der Waals surface area contributed by atoms with Gasteiger partial charge in [-0.2, -0.15) is 0 Å². The Kier molecular flexibility index (Phi) is 6.60. The predicted octanol–water partition coefficient (Wildman–Crippen LogP) is 0.719. The zero-order chi connectivity index (χ0) is 14.1. The van der Waals surface area contributed by atoms with Crippen molar-refractivity contribution in [1.82, 2.24) is 10.6 Å². The van der Waals surface area contributed by atoms with Gasteiger partial charge in [-0.3, -0.25) is 9.59 Å². The summed E-state index contributed by atoms with van der Waals surface area (Å²) in [6.45, 7) is 2.80. The molecule has 2 amide bonds. The molecule has 0 aliphatic heterocycles. The van der Waals surface area contributed by atoms with Gasteiger partial charge in [0.25, 0.3) is 0 Å². The first-order valence-corrected chi connectivity index (χ1v) is 6.47. The SMILES string of the molecule is CCNC(=O)CCNC(=O)CC(N)c1ccccc1. The fourth-order valence-electron chi connectivity index (χ4n) is 1.69. The van der Waals surface area contributed by atoms with Crippen LogP contribution < -0.4 is 16.4 Å². The van der Waals surface area contributed by atoms with Crippen molar-refractivity contribution in [3.05, 3.63) is 35.9 Å². The maximum Gasteiger partial charge on any atom is 0.221 e. The lowest BCUT2D eigenvalue weighted by molar-refractivity contribution is -0.122. The normalized spacial score (nSPS) is 11.7. The molecule has 0 radical (unpaired) electrons. The Balaban J connectivity index is 2.26. The van der Waals surface area contributed by atoms with Crippen LogP contribution >= 0.6 is 0 Å². The summed E-state index contributed by atoms with van der Waals surface area (Å²) in [5.74, 6) is -0.198. The second-order valence-corrected chi connectivity index (χ2v) is 4.27. The summed E-state index contributed by atoms with van der Waals surface area (Å²) in [5, 5.41) is 5.36. The Morgan fingerprint density at radius 3 is 2.47 bits per heavy atom. The standard InChI is InChI=1S/C14H21N3O2/c1-2-16-13(18)8-9-17-14(19)10-12(15)11-6-4-3-5-7-11/h3-7,12H,2,8-10,15H2,1H3,(H,16,18)(H,17,19). The van der Waals surface area contributed by atoms with E-state index in [1.165, 1.54) is 0 Å². The Morgan fingerprint density at radius 1 is 1.16 bits per heavy atom. The molecule has 19 heavy (non-hydrogen) atoms. The van der Waals surface area contributed by atoms with E-state index < -0.39 is 0 Å². The molecule has 5 nitrogen and oxygen atoms in total. The highest BCUT2D eigenvalue weighted by molar-refractivity contribution is 5.79. The van der Waals surface area contributed by atoms with Crippen LogP contribution in [0.2, 0.25) is 0 Å². The molecule has 0 aliphatic carbocycles. The van der Waals surface area contributed by atoms with Gasteiger partial charge >= 0.3 is 0 Å². The van der Waals surface area contributed by atoms with E-state index in [1.807, 2.05) is 37.3 Å². The summed E-state index contributed by atoms with van der Waals surface area (Å²) in [6.07, 6.45) is 0.513. The molecule has 1 rings (SSSR count). The van der Waals surface area contributed by atoms with Crippen molar-refractivity contribution in [1.29, 1.82) is 0 Å². The van der Waals surface area contributed by atoms with Crippen molar-refractivity contribution >= 4 is 11.8 Å². The van der Waals surface area contributed by atoms with Gasteiger partial charge in [-0.25, -0.2) is 0 Å². The highest BCUT2D eigenvalue weighted by Gasteiger charge is 2.11. The van der Waals surface area contributed by atoms with Crippen LogP contribution in [0.4, 0.5) is 0 Å². The fourth-order valence-corrected chi connectivity index (χ4v) is 1.69. The van der Waals surface area contributed by atoms with Gasteiger partial charge in [-0.1, -0.05) is 30.3 Å². The number of hydrogen-bond donors (Lipinski definition) is 3. The fraction of sp³-hybridized carbons (Fsp3) is 0.429. The van der Waals surface area contributed by atoms with E-state index in [0.29, 0.717) is 19.5 Å². The number of benzene rings is 1. The van der Waals surface area contributed by atoms with Gasteiger partial charge in [0.15, 0.2) is 0 Å². The molecule has 1 atom stereocenters. The Labute approximate surface area is 113 Å². The van der Waals surface area contributed by atoms with E-state index >= 15 is 0 Å². The van der Waals surface area contributed by atoms with Gasteiger partial charge in [-0.15, -0.1) is 0 Å². The number of rotatable bonds is 7. The summed E-state index contributed by atoms with van der Waals surface area (Å²) in [5.41, 5.74) is 6.87. The molecule has 0 saturated heterocycles. The monoisotopic (exact) mass is 263 g/mol. The summed E-state index contributed by atoms with van der Waals surface area (Å²) >= 11 is 0. The summed E-state index contributed by atoms with van der Waals surface area (Å²) in [4.78, 5) is 22.8. The highest BCUT2D eigenvalue weighted by Crippen LogP contribution is 2.12. The third-order valence-electron chi connectivity index (χ3n) is 2.68.